The Labute approximate surface area is 100 Å². The van der Waals surface area contributed by atoms with Gasteiger partial charge >= 0.3 is 0 Å². The Balaban J connectivity index is 1.91. The average molecular weight is 229 g/mol. The van der Waals surface area contributed by atoms with Crippen LogP contribution in [0.25, 0.3) is 0 Å². The van der Waals surface area contributed by atoms with E-state index in [1.807, 2.05) is 29.1 Å². The molecule has 1 N–H and O–H groups in total. The molecule has 0 bridgehead atoms. The third-order valence-electron chi connectivity index (χ3n) is 2.43. The fourth-order valence-corrected chi connectivity index (χ4v) is 1.64. The number of amides is 1. The number of aryl methyl sites for hydroxylation is 2. The lowest BCUT2D eigenvalue weighted by Crippen LogP contribution is -2.05. The number of carbonyl (C=O) groups is 1. The summed E-state index contributed by atoms with van der Waals surface area (Å²) in [7, 11) is 0. The minimum atomic E-state index is -0.0763. The van der Waals surface area contributed by atoms with Crippen molar-refractivity contribution in [2.24, 2.45) is 0 Å². The lowest BCUT2D eigenvalue weighted by molar-refractivity contribution is -0.114. The molecule has 2 rings (SSSR count). The molecule has 0 aliphatic heterocycles. The van der Waals surface area contributed by atoms with Gasteiger partial charge in [0.05, 0.1) is 11.9 Å². The van der Waals surface area contributed by atoms with E-state index in [0.29, 0.717) is 0 Å². The smallest absolute Gasteiger partial charge is 0.221 e. The number of benzene rings is 1. The van der Waals surface area contributed by atoms with Gasteiger partial charge in [-0.15, -0.1) is 0 Å². The zero-order valence-corrected chi connectivity index (χ0v) is 9.76. The van der Waals surface area contributed by atoms with Crippen molar-refractivity contribution in [2.45, 2.75) is 19.9 Å². The van der Waals surface area contributed by atoms with Gasteiger partial charge in [0, 0.05) is 19.7 Å². The zero-order chi connectivity index (χ0) is 12.1. The van der Waals surface area contributed by atoms with Gasteiger partial charge < -0.3 is 5.32 Å². The number of carbonyl (C=O) groups excluding carboxylic acids is 1. The van der Waals surface area contributed by atoms with E-state index in [9.17, 15) is 4.79 Å². The van der Waals surface area contributed by atoms with Gasteiger partial charge in [0.1, 0.15) is 0 Å². The van der Waals surface area contributed by atoms with Gasteiger partial charge in [0.2, 0.25) is 5.91 Å². The van der Waals surface area contributed by atoms with Crippen LogP contribution < -0.4 is 5.32 Å². The molecule has 0 unspecified atom stereocenters. The van der Waals surface area contributed by atoms with Crippen LogP contribution in [0, 0.1) is 0 Å². The van der Waals surface area contributed by atoms with Gasteiger partial charge in [-0.2, -0.15) is 5.10 Å². The maximum absolute atomic E-state index is 10.9. The monoisotopic (exact) mass is 229 g/mol. The minimum Gasteiger partial charge on any atom is -0.324 e. The van der Waals surface area contributed by atoms with Crippen molar-refractivity contribution in [1.82, 2.24) is 9.78 Å². The molecule has 2 aromatic rings. The molecule has 4 heteroatoms. The van der Waals surface area contributed by atoms with E-state index in [0.717, 1.165) is 18.7 Å². The lowest BCUT2D eigenvalue weighted by atomic mass is 10.1. The normalized spacial score (nSPS) is 10.2. The van der Waals surface area contributed by atoms with Crippen LogP contribution in [0.5, 0.6) is 0 Å². The van der Waals surface area contributed by atoms with Crippen molar-refractivity contribution in [1.29, 1.82) is 0 Å². The summed E-state index contributed by atoms with van der Waals surface area (Å²) >= 11 is 0. The summed E-state index contributed by atoms with van der Waals surface area (Å²) in [6.07, 6.45) is 4.43. The van der Waals surface area contributed by atoms with E-state index in [-0.39, 0.29) is 5.91 Å². The molecule has 1 aromatic heterocycles. The van der Waals surface area contributed by atoms with Gasteiger partial charge in [0.15, 0.2) is 0 Å². The van der Waals surface area contributed by atoms with Crippen LogP contribution in [-0.2, 0) is 17.8 Å². The average Bonchev–Trinajstić information content (AvgIpc) is 2.75. The molecule has 0 radical (unpaired) electrons. The summed E-state index contributed by atoms with van der Waals surface area (Å²) in [4.78, 5) is 10.9. The van der Waals surface area contributed by atoms with Gasteiger partial charge in [0.25, 0.3) is 0 Å². The molecule has 0 spiro atoms. The number of aromatic nitrogens is 2. The number of hydrogen-bond acceptors (Lipinski definition) is 2. The summed E-state index contributed by atoms with van der Waals surface area (Å²) in [5.41, 5.74) is 2.02. The van der Waals surface area contributed by atoms with Crippen LogP contribution in [0.3, 0.4) is 0 Å². The summed E-state index contributed by atoms with van der Waals surface area (Å²) in [5, 5.41) is 6.89. The first kappa shape index (κ1) is 11.4. The summed E-state index contributed by atoms with van der Waals surface area (Å²) in [5.74, 6) is -0.0763. The second-order valence-corrected chi connectivity index (χ2v) is 3.91. The molecular weight excluding hydrogens is 214 g/mol. The minimum absolute atomic E-state index is 0.0763. The van der Waals surface area contributed by atoms with E-state index in [1.54, 1.807) is 6.20 Å². The van der Waals surface area contributed by atoms with Crippen molar-refractivity contribution in [3.63, 3.8) is 0 Å². The Morgan fingerprint density at radius 3 is 2.82 bits per heavy atom. The number of nitrogens with zero attached hydrogens (tertiary/aromatic N) is 2. The Hall–Kier alpha value is -2.10. The predicted octanol–water partition coefficient (Wildman–Crippen LogP) is 2.08. The van der Waals surface area contributed by atoms with Crippen molar-refractivity contribution >= 4 is 11.6 Å². The van der Waals surface area contributed by atoms with Gasteiger partial charge in [-0.1, -0.05) is 30.3 Å². The fourth-order valence-electron chi connectivity index (χ4n) is 1.64. The van der Waals surface area contributed by atoms with Crippen LogP contribution >= 0.6 is 0 Å². The van der Waals surface area contributed by atoms with Crippen LogP contribution in [0.15, 0.2) is 42.7 Å². The summed E-state index contributed by atoms with van der Waals surface area (Å²) in [6.45, 7) is 2.30. The predicted molar refractivity (Wildman–Crippen MR) is 66.7 cm³/mol. The molecule has 0 fully saturated rings. The molecule has 88 valence electrons. The topological polar surface area (TPSA) is 46.9 Å². The highest BCUT2D eigenvalue weighted by Gasteiger charge is 2.00. The van der Waals surface area contributed by atoms with Gasteiger partial charge in [-0.25, -0.2) is 0 Å². The van der Waals surface area contributed by atoms with Crippen molar-refractivity contribution < 1.29 is 4.79 Å². The van der Waals surface area contributed by atoms with Crippen LogP contribution in [0.4, 0.5) is 5.69 Å². The van der Waals surface area contributed by atoms with Crippen molar-refractivity contribution in [2.75, 3.05) is 5.32 Å². The first-order chi connectivity index (χ1) is 8.24. The summed E-state index contributed by atoms with van der Waals surface area (Å²) in [6, 6.07) is 10.3. The quantitative estimate of drug-likeness (QED) is 0.872. The highest BCUT2D eigenvalue weighted by molar-refractivity contribution is 5.88. The van der Waals surface area contributed by atoms with E-state index in [4.69, 9.17) is 0 Å². The van der Waals surface area contributed by atoms with Crippen molar-refractivity contribution in [3.8, 4) is 0 Å². The molecule has 17 heavy (non-hydrogen) atoms. The van der Waals surface area contributed by atoms with Gasteiger partial charge in [-0.3, -0.25) is 9.48 Å². The second-order valence-electron chi connectivity index (χ2n) is 3.91. The highest BCUT2D eigenvalue weighted by atomic mass is 16.1. The third-order valence-corrected chi connectivity index (χ3v) is 2.43. The molecule has 1 heterocycles. The third kappa shape index (κ3) is 3.45. The number of hydrogen-bond donors (Lipinski definition) is 1. The molecule has 0 atom stereocenters. The van der Waals surface area contributed by atoms with E-state index in [2.05, 4.69) is 22.5 Å². The second kappa shape index (κ2) is 5.30. The first-order valence-electron chi connectivity index (χ1n) is 5.58. The molecule has 1 aromatic carbocycles. The molecular formula is C13H15N3O. The standard InChI is InChI=1S/C13H15N3O/c1-11(17)15-13-9-14-16(10-13)8-7-12-5-3-2-4-6-12/h2-6,9-10H,7-8H2,1H3,(H,15,17). The van der Waals surface area contributed by atoms with Crippen LogP contribution in [0.1, 0.15) is 12.5 Å². The molecule has 0 aliphatic carbocycles. The first-order valence-corrected chi connectivity index (χ1v) is 5.58. The Morgan fingerprint density at radius 1 is 1.35 bits per heavy atom. The Morgan fingerprint density at radius 2 is 2.12 bits per heavy atom. The van der Waals surface area contributed by atoms with Crippen LogP contribution in [-0.4, -0.2) is 15.7 Å². The molecule has 0 saturated heterocycles. The zero-order valence-electron chi connectivity index (χ0n) is 9.76. The van der Waals surface area contributed by atoms with Crippen molar-refractivity contribution in [3.05, 3.63) is 48.3 Å². The molecule has 0 aliphatic rings. The number of rotatable bonds is 4. The fraction of sp³-hybridized carbons (Fsp3) is 0.231. The maximum atomic E-state index is 10.9. The van der Waals surface area contributed by atoms with E-state index < -0.39 is 0 Å². The van der Waals surface area contributed by atoms with E-state index >= 15 is 0 Å². The van der Waals surface area contributed by atoms with E-state index in [1.165, 1.54) is 12.5 Å². The largest absolute Gasteiger partial charge is 0.324 e. The number of anilines is 1. The molecule has 4 nitrogen and oxygen atoms in total. The molecule has 0 saturated carbocycles. The van der Waals surface area contributed by atoms with Gasteiger partial charge in [-0.05, 0) is 12.0 Å². The number of nitrogens with one attached hydrogen (secondary N) is 1. The Kier molecular flexibility index (Phi) is 3.55. The summed E-state index contributed by atoms with van der Waals surface area (Å²) < 4.78 is 1.83. The molecule has 1 amide bonds. The highest BCUT2D eigenvalue weighted by Crippen LogP contribution is 2.06. The Bertz CT molecular complexity index is 490. The van der Waals surface area contributed by atoms with Crippen LogP contribution in [0.2, 0.25) is 0 Å². The maximum Gasteiger partial charge on any atom is 0.221 e. The lowest BCUT2D eigenvalue weighted by Gasteiger charge is -2.01. The SMILES string of the molecule is CC(=O)Nc1cnn(CCc2ccccc2)c1.